The van der Waals surface area contributed by atoms with Crippen molar-refractivity contribution >= 4 is 29.9 Å². The summed E-state index contributed by atoms with van der Waals surface area (Å²) in [4.78, 5) is 8.91. The minimum Gasteiger partial charge on any atom is -0.494 e. The Labute approximate surface area is 173 Å². The van der Waals surface area contributed by atoms with Crippen LogP contribution in [0.3, 0.4) is 0 Å². The summed E-state index contributed by atoms with van der Waals surface area (Å²) in [6.45, 7) is 7.14. The van der Waals surface area contributed by atoms with Crippen LogP contribution in [0.5, 0.6) is 5.75 Å². The van der Waals surface area contributed by atoms with Crippen molar-refractivity contribution in [3.63, 3.8) is 0 Å². The van der Waals surface area contributed by atoms with Crippen molar-refractivity contribution in [2.24, 2.45) is 4.99 Å². The SMILES string of the molecule is CCNC(=NCCCOc1ccccc1)NCCc1ccc(C)nc1.I. The summed E-state index contributed by atoms with van der Waals surface area (Å²) in [6, 6.07) is 14.0. The van der Waals surface area contributed by atoms with Crippen LogP contribution < -0.4 is 15.4 Å². The van der Waals surface area contributed by atoms with Crippen LogP contribution in [0.1, 0.15) is 24.6 Å². The monoisotopic (exact) mass is 468 g/mol. The fourth-order valence-corrected chi connectivity index (χ4v) is 2.28. The van der Waals surface area contributed by atoms with Gasteiger partial charge in [0.25, 0.3) is 0 Å². The largest absolute Gasteiger partial charge is 0.494 e. The van der Waals surface area contributed by atoms with Crippen LogP contribution in [0.25, 0.3) is 0 Å². The van der Waals surface area contributed by atoms with E-state index < -0.39 is 0 Å². The van der Waals surface area contributed by atoms with Crippen LogP contribution in [-0.2, 0) is 6.42 Å². The van der Waals surface area contributed by atoms with E-state index >= 15 is 0 Å². The molecule has 0 saturated heterocycles. The van der Waals surface area contributed by atoms with E-state index in [4.69, 9.17) is 4.74 Å². The molecule has 6 heteroatoms. The van der Waals surface area contributed by atoms with E-state index in [2.05, 4.69) is 33.6 Å². The molecule has 0 aliphatic heterocycles. The van der Waals surface area contributed by atoms with Gasteiger partial charge in [-0.1, -0.05) is 24.3 Å². The first-order chi connectivity index (χ1) is 12.3. The zero-order chi connectivity index (χ0) is 17.7. The Hall–Kier alpha value is -1.83. The molecule has 5 nitrogen and oxygen atoms in total. The quantitative estimate of drug-likeness (QED) is 0.256. The Balaban J connectivity index is 0.00000338. The van der Waals surface area contributed by atoms with E-state index in [0.717, 1.165) is 49.9 Å². The lowest BCUT2D eigenvalue weighted by Crippen LogP contribution is -2.38. The number of rotatable bonds is 9. The molecule has 2 aromatic rings. The third-order valence-corrected chi connectivity index (χ3v) is 3.61. The van der Waals surface area contributed by atoms with Gasteiger partial charge in [0.2, 0.25) is 0 Å². The Kier molecular flexibility index (Phi) is 11.4. The lowest BCUT2D eigenvalue weighted by Gasteiger charge is -2.11. The summed E-state index contributed by atoms with van der Waals surface area (Å²) >= 11 is 0. The van der Waals surface area contributed by atoms with E-state index in [1.807, 2.05) is 49.5 Å². The fraction of sp³-hybridized carbons (Fsp3) is 0.400. The number of aliphatic imine (C=N–C) groups is 1. The van der Waals surface area contributed by atoms with Crippen molar-refractivity contribution in [3.8, 4) is 5.75 Å². The first kappa shape index (κ1) is 22.2. The highest BCUT2D eigenvalue weighted by Gasteiger charge is 1.98. The molecule has 1 aromatic carbocycles. The Morgan fingerprint density at radius 2 is 1.92 bits per heavy atom. The highest BCUT2D eigenvalue weighted by atomic mass is 127. The summed E-state index contributed by atoms with van der Waals surface area (Å²) < 4.78 is 5.68. The van der Waals surface area contributed by atoms with E-state index in [-0.39, 0.29) is 24.0 Å². The number of guanidine groups is 1. The maximum Gasteiger partial charge on any atom is 0.191 e. The summed E-state index contributed by atoms with van der Waals surface area (Å²) in [5.74, 6) is 1.76. The molecular formula is C20H29IN4O. The van der Waals surface area contributed by atoms with Crippen LogP contribution >= 0.6 is 24.0 Å². The predicted octanol–water partition coefficient (Wildman–Crippen LogP) is 3.57. The molecule has 0 fully saturated rings. The van der Waals surface area contributed by atoms with Crippen molar-refractivity contribution in [2.75, 3.05) is 26.2 Å². The Bertz CT molecular complexity index is 632. The second kappa shape index (κ2) is 13.4. The number of nitrogens with zero attached hydrogens (tertiary/aromatic N) is 2. The van der Waals surface area contributed by atoms with Crippen LogP contribution in [-0.4, -0.2) is 37.2 Å². The predicted molar refractivity (Wildman–Crippen MR) is 119 cm³/mol. The number of aromatic nitrogens is 1. The van der Waals surface area contributed by atoms with Crippen LogP contribution in [0.4, 0.5) is 0 Å². The van der Waals surface area contributed by atoms with Gasteiger partial charge in [0.15, 0.2) is 5.96 Å². The molecular weight excluding hydrogens is 439 g/mol. The molecule has 0 amide bonds. The second-order valence-corrected chi connectivity index (χ2v) is 5.76. The maximum atomic E-state index is 5.68. The van der Waals surface area contributed by atoms with Gasteiger partial charge in [0, 0.05) is 37.9 Å². The summed E-state index contributed by atoms with van der Waals surface area (Å²) in [5.41, 5.74) is 2.27. The van der Waals surface area contributed by atoms with Gasteiger partial charge in [-0.15, -0.1) is 24.0 Å². The first-order valence-electron chi connectivity index (χ1n) is 8.89. The molecule has 0 unspecified atom stereocenters. The van der Waals surface area contributed by atoms with E-state index in [0.29, 0.717) is 6.61 Å². The van der Waals surface area contributed by atoms with Crippen LogP contribution in [0.15, 0.2) is 53.7 Å². The average Bonchev–Trinajstić information content (AvgIpc) is 2.64. The standard InChI is InChI=1S/C20H28N4O.HI/c1-3-21-20(23-14-12-18-11-10-17(2)24-16-18)22-13-7-15-25-19-8-5-4-6-9-19;/h4-6,8-11,16H,3,7,12-15H2,1-2H3,(H2,21,22,23);1H. The van der Waals surface area contributed by atoms with Crippen LogP contribution in [0, 0.1) is 6.92 Å². The number of halogens is 1. The minimum atomic E-state index is 0. The van der Waals surface area contributed by atoms with E-state index in [1.165, 1.54) is 5.56 Å². The number of pyridine rings is 1. The topological polar surface area (TPSA) is 58.5 Å². The van der Waals surface area contributed by atoms with Crippen molar-refractivity contribution in [3.05, 3.63) is 59.9 Å². The van der Waals surface area contributed by atoms with Crippen molar-refractivity contribution in [1.29, 1.82) is 0 Å². The highest BCUT2D eigenvalue weighted by Crippen LogP contribution is 2.08. The number of nitrogens with one attached hydrogen (secondary N) is 2. The molecule has 1 heterocycles. The first-order valence-corrected chi connectivity index (χ1v) is 8.89. The van der Waals surface area contributed by atoms with Crippen LogP contribution in [0.2, 0.25) is 0 Å². The fourth-order valence-electron chi connectivity index (χ4n) is 2.28. The molecule has 0 aliphatic rings. The average molecular weight is 468 g/mol. The zero-order valence-corrected chi connectivity index (χ0v) is 17.9. The third-order valence-electron chi connectivity index (χ3n) is 3.61. The Morgan fingerprint density at radius 1 is 1.12 bits per heavy atom. The van der Waals surface area contributed by atoms with Gasteiger partial charge >= 0.3 is 0 Å². The summed E-state index contributed by atoms with van der Waals surface area (Å²) in [7, 11) is 0. The number of hydrogen-bond donors (Lipinski definition) is 2. The van der Waals surface area contributed by atoms with E-state index in [1.54, 1.807) is 0 Å². The zero-order valence-electron chi connectivity index (χ0n) is 15.6. The van der Waals surface area contributed by atoms with Gasteiger partial charge in [-0.25, -0.2) is 0 Å². The molecule has 1 aromatic heterocycles. The molecule has 0 spiro atoms. The van der Waals surface area contributed by atoms with Gasteiger partial charge in [0.1, 0.15) is 5.75 Å². The van der Waals surface area contributed by atoms with Crippen molar-refractivity contribution < 1.29 is 4.74 Å². The highest BCUT2D eigenvalue weighted by molar-refractivity contribution is 14.0. The molecule has 0 bridgehead atoms. The summed E-state index contributed by atoms with van der Waals surface area (Å²) in [5, 5.41) is 6.63. The van der Waals surface area contributed by atoms with Gasteiger partial charge in [-0.05, 0) is 44.0 Å². The molecule has 0 aliphatic carbocycles. The maximum absolute atomic E-state index is 5.68. The van der Waals surface area contributed by atoms with Gasteiger partial charge < -0.3 is 15.4 Å². The third kappa shape index (κ3) is 9.03. The molecule has 0 atom stereocenters. The van der Waals surface area contributed by atoms with Gasteiger partial charge in [-0.2, -0.15) is 0 Å². The van der Waals surface area contributed by atoms with Gasteiger partial charge in [0.05, 0.1) is 6.61 Å². The normalized spacial score (nSPS) is 10.8. The Morgan fingerprint density at radius 3 is 2.62 bits per heavy atom. The van der Waals surface area contributed by atoms with Crippen molar-refractivity contribution in [2.45, 2.75) is 26.7 Å². The molecule has 26 heavy (non-hydrogen) atoms. The number of para-hydroxylation sites is 1. The lowest BCUT2D eigenvalue weighted by molar-refractivity contribution is 0.313. The lowest BCUT2D eigenvalue weighted by atomic mass is 10.2. The van der Waals surface area contributed by atoms with Crippen molar-refractivity contribution in [1.82, 2.24) is 15.6 Å². The molecule has 0 saturated carbocycles. The number of hydrogen-bond acceptors (Lipinski definition) is 3. The molecule has 2 rings (SSSR count). The van der Waals surface area contributed by atoms with E-state index in [9.17, 15) is 0 Å². The number of ether oxygens (including phenoxy) is 1. The molecule has 142 valence electrons. The number of aryl methyl sites for hydroxylation is 1. The molecule has 0 radical (unpaired) electrons. The van der Waals surface area contributed by atoms with Gasteiger partial charge in [-0.3, -0.25) is 9.98 Å². The second-order valence-electron chi connectivity index (χ2n) is 5.76. The summed E-state index contributed by atoms with van der Waals surface area (Å²) in [6.07, 6.45) is 3.74. The molecule has 2 N–H and O–H groups in total. The minimum absolute atomic E-state index is 0. The smallest absolute Gasteiger partial charge is 0.191 e. The number of benzene rings is 1.